The SMILES string of the molecule is CCOc1cccc(N[C@H](CO)C(C)C)c1N. The Morgan fingerprint density at radius 2 is 2.12 bits per heavy atom. The Morgan fingerprint density at radius 3 is 2.65 bits per heavy atom. The Morgan fingerprint density at radius 1 is 1.41 bits per heavy atom. The third-order valence-corrected chi connectivity index (χ3v) is 2.71. The van der Waals surface area contributed by atoms with Crippen LogP contribution in [0.3, 0.4) is 0 Å². The maximum absolute atomic E-state index is 9.29. The minimum absolute atomic E-state index is 0.00539. The number of rotatable bonds is 6. The average Bonchev–Trinajstić information content (AvgIpc) is 2.30. The van der Waals surface area contributed by atoms with Gasteiger partial charge in [-0.3, -0.25) is 0 Å². The first-order valence-corrected chi connectivity index (χ1v) is 5.98. The smallest absolute Gasteiger partial charge is 0.144 e. The molecule has 17 heavy (non-hydrogen) atoms. The number of nitrogen functional groups attached to an aromatic ring is 1. The zero-order valence-electron chi connectivity index (χ0n) is 10.7. The molecule has 96 valence electrons. The summed E-state index contributed by atoms with van der Waals surface area (Å²) in [5.74, 6) is 1.01. The lowest BCUT2D eigenvalue weighted by atomic mass is 10.0. The topological polar surface area (TPSA) is 67.5 Å². The Hall–Kier alpha value is -1.42. The minimum Gasteiger partial charge on any atom is -0.492 e. The Kier molecular flexibility index (Phi) is 5.10. The van der Waals surface area contributed by atoms with Gasteiger partial charge < -0.3 is 20.9 Å². The van der Waals surface area contributed by atoms with Crippen LogP contribution in [0.2, 0.25) is 0 Å². The Bertz CT molecular complexity index is 353. The van der Waals surface area contributed by atoms with Crippen molar-refractivity contribution in [1.29, 1.82) is 0 Å². The van der Waals surface area contributed by atoms with Crippen LogP contribution in [0.4, 0.5) is 11.4 Å². The molecule has 0 spiro atoms. The van der Waals surface area contributed by atoms with Crippen LogP contribution in [-0.2, 0) is 0 Å². The summed E-state index contributed by atoms with van der Waals surface area (Å²) in [7, 11) is 0. The van der Waals surface area contributed by atoms with E-state index in [0.29, 0.717) is 24.0 Å². The number of nitrogens with one attached hydrogen (secondary N) is 1. The molecule has 0 radical (unpaired) electrons. The highest BCUT2D eigenvalue weighted by molar-refractivity contribution is 5.73. The van der Waals surface area contributed by atoms with Crippen molar-refractivity contribution in [3.05, 3.63) is 18.2 Å². The molecule has 1 aromatic carbocycles. The number of hydrogen-bond acceptors (Lipinski definition) is 4. The minimum atomic E-state index is -0.00539. The second-order valence-corrected chi connectivity index (χ2v) is 4.33. The van der Waals surface area contributed by atoms with Crippen LogP contribution < -0.4 is 15.8 Å². The maximum Gasteiger partial charge on any atom is 0.144 e. The molecule has 0 aliphatic rings. The number of anilines is 2. The van der Waals surface area contributed by atoms with Gasteiger partial charge in [-0.2, -0.15) is 0 Å². The van der Waals surface area contributed by atoms with Crippen LogP contribution >= 0.6 is 0 Å². The standard InChI is InChI=1S/C13H22N2O2/c1-4-17-12-7-5-6-10(13(12)14)15-11(8-16)9(2)3/h5-7,9,11,15-16H,4,8,14H2,1-3H3/t11-/m1/s1. The van der Waals surface area contributed by atoms with Crippen molar-refractivity contribution in [3.63, 3.8) is 0 Å². The molecule has 1 rings (SSSR count). The molecule has 0 bridgehead atoms. The van der Waals surface area contributed by atoms with Crippen LogP contribution in [0.25, 0.3) is 0 Å². The van der Waals surface area contributed by atoms with E-state index in [0.717, 1.165) is 5.69 Å². The van der Waals surface area contributed by atoms with Crippen molar-refractivity contribution >= 4 is 11.4 Å². The summed E-state index contributed by atoms with van der Waals surface area (Å²) >= 11 is 0. The quantitative estimate of drug-likeness (QED) is 0.664. The van der Waals surface area contributed by atoms with Gasteiger partial charge in [-0.1, -0.05) is 19.9 Å². The summed E-state index contributed by atoms with van der Waals surface area (Å²) < 4.78 is 5.43. The predicted molar refractivity (Wildman–Crippen MR) is 71.4 cm³/mol. The van der Waals surface area contributed by atoms with Crippen molar-refractivity contribution in [2.45, 2.75) is 26.8 Å². The van der Waals surface area contributed by atoms with Crippen LogP contribution in [0.15, 0.2) is 18.2 Å². The second kappa shape index (κ2) is 6.35. The van der Waals surface area contributed by atoms with Crippen molar-refractivity contribution in [1.82, 2.24) is 0 Å². The number of nitrogens with two attached hydrogens (primary N) is 1. The van der Waals surface area contributed by atoms with E-state index in [4.69, 9.17) is 10.5 Å². The molecule has 0 amide bonds. The third-order valence-electron chi connectivity index (χ3n) is 2.71. The van der Waals surface area contributed by atoms with E-state index >= 15 is 0 Å². The van der Waals surface area contributed by atoms with Gasteiger partial charge in [-0.15, -0.1) is 0 Å². The Labute approximate surface area is 103 Å². The Balaban J connectivity index is 2.87. The van der Waals surface area contributed by atoms with Crippen molar-refractivity contribution in [2.24, 2.45) is 5.92 Å². The number of hydrogen-bond donors (Lipinski definition) is 3. The van der Waals surface area contributed by atoms with Gasteiger partial charge >= 0.3 is 0 Å². The van der Waals surface area contributed by atoms with E-state index in [2.05, 4.69) is 19.2 Å². The third kappa shape index (κ3) is 3.53. The molecule has 0 heterocycles. The molecule has 4 N–H and O–H groups in total. The molecular weight excluding hydrogens is 216 g/mol. The lowest BCUT2D eigenvalue weighted by Crippen LogP contribution is -2.29. The summed E-state index contributed by atoms with van der Waals surface area (Å²) in [6, 6.07) is 5.61. The van der Waals surface area contributed by atoms with E-state index in [1.54, 1.807) is 0 Å². The fourth-order valence-corrected chi connectivity index (χ4v) is 1.57. The molecule has 1 aromatic rings. The number of benzene rings is 1. The first-order valence-electron chi connectivity index (χ1n) is 5.98. The first-order chi connectivity index (χ1) is 8.10. The largest absolute Gasteiger partial charge is 0.492 e. The maximum atomic E-state index is 9.29. The van der Waals surface area contributed by atoms with Gasteiger partial charge in [0.25, 0.3) is 0 Å². The lowest BCUT2D eigenvalue weighted by Gasteiger charge is -2.22. The van der Waals surface area contributed by atoms with Gasteiger partial charge in [0.05, 0.1) is 30.6 Å². The molecule has 4 heteroatoms. The number of para-hydroxylation sites is 1. The van der Waals surface area contributed by atoms with E-state index in [-0.39, 0.29) is 12.6 Å². The van der Waals surface area contributed by atoms with E-state index in [9.17, 15) is 5.11 Å². The molecular formula is C13H22N2O2. The van der Waals surface area contributed by atoms with Crippen molar-refractivity contribution in [2.75, 3.05) is 24.3 Å². The fraction of sp³-hybridized carbons (Fsp3) is 0.538. The normalized spacial score (nSPS) is 12.5. The monoisotopic (exact) mass is 238 g/mol. The molecule has 0 aromatic heterocycles. The molecule has 0 fully saturated rings. The van der Waals surface area contributed by atoms with Gasteiger partial charge in [0, 0.05) is 0 Å². The number of aliphatic hydroxyl groups is 1. The van der Waals surface area contributed by atoms with Gasteiger partial charge in [0.1, 0.15) is 5.75 Å². The highest BCUT2D eigenvalue weighted by Crippen LogP contribution is 2.30. The van der Waals surface area contributed by atoms with Gasteiger partial charge in [-0.25, -0.2) is 0 Å². The molecule has 1 atom stereocenters. The van der Waals surface area contributed by atoms with Gasteiger partial charge in [-0.05, 0) is 25.0 Å². The second-order valence-electron chi connectivity index (χ2n) is 4.33. The van der Waals surface area contributed by atoms with Crippen LogP contribution in [-0.4, -0.2) is 24.4 Å². The molecule has 0 aliphatic heterocycles. The van der Waals surface area contributed by atoms with E-state index in [1.807, 2.05) is 25.1 Å². The molecule has 0 aliphatic carbocycles. The fourth-order valence-electron chi connectivity index (χ4n) is 1.57. The van der Waals surface area contributed by atoms with Crippen molar-refractivity contribution < 1.29 is 9.84 Å². The lowest BCUT2D eigenvalue weighted by molar-refractivity contribution is 0.249. The highest BCUT2D eigenvalue weighted by Gasteiger charge is 2.14. The van der Waals surface area contributed by atoms with E-state index in [1.165, 1.54) is 0 Å². The molecule has 0 unspecified atom stereocenters. The number of ether oxygens (including phenoxy) is 1. The summed E-state index contributed by atoms with van der Waals surface area (Å²) in [5.41, 5.74) is 7.40. The van der Waals surface area contributed by atoms with Gasteiger partial charge in [0.2, 0.25) is 0 Å². The highest BCUT2D eigenvalue weighted by atomic mass is 16.5. The molecule has 4 nitrogen and oxygen atoms in total. The molecule has 0 saturated heterocycles. The summed E-state index contributed by atoms with van der Waals surface area (Å²) in [6.45, 7) is 6.69. The zero-order valence-corrected chi connectivity index (χ0v) is 10.7. The zero-order chi connectivity index (χ0) is 12.8. The molecule has 0 saturated carbocycles. The predicted octanol–water partition coefficient (Wildman–Crippen LogP) is 2.10. The average molecular weight is 238 g/mol. The summed E-state index contributed by atoms with van der Waals surface area (Å²) in [6.07, 6.45) is 0. The number of aliphatic hydroxyl groups excluding tert-OH is 1. The summed E-state index contributed by atoms with van der Waals surface area (Å²) in [4.78, 5) is 0. The first kappa shape index (κ1) is 13.6. The van der Waals surface area contributed by atoms with Crippen LogP contribution in [0.1, 0.15) is 20.8 Å². The van der Waals surface area contributed by atoms with Crippen LogP contribution in [0, 0.1) is 5.92 Å². The van der Waals surface area contributed by atoms with Crippen molar-refractivity contribution in [3.8, 4) is 5.75 Å². The van der Waals surface area contributed by atoms with Gasteiger partial charge in [0.15, 0.2) is 0 Å². The summed E-state index contributed by atoms with van der Waals surface area (Å²) in [5, 5.41) is 12.5. The van der Waals surface area contributed by atoms with E-state index < -0.39 is 0 Å². The van der Waals surface area contributed by atoms with Crippen LogP contribution in [0.5, 0.6) is 5.75 Å².